The predicted octanol–water partition coefficient (Wildman–Crippen LogP) is 3.02. The summed E-state index contributed by atoms with van der Waals surface area (Å²) in [6.45, 7) is 11.7. The molecule has 2 aromatic rings. The zero-order valence-corrected chi connectivity index (χ0v) is 21.7. The summed E-state index contributed by atoms with van der Waals surface area (Å²) in [5.74, 6) is 0.498. The molecule has 2 aromatic heterocycles. The lowest BCUT2D eigenvalue weighted by Gasteiger charge is -2.44. The summed E-state index contributed by atoms with van der Waals surface area (Å²) < 4.78 is 3.59. The summed E-state index contributed by atoms with van der Waals surface area (Å²) in [4.78, 5) is 30.7. The molecule has 1 amide bonds. The third kappa shape index (κ3) is 5.18. The van der Waals surface area contributed by atoms with E-state index in [9.17, 15) is 9.59 Å². The maximum Gasteiger partial charge on any atom is 0.330 e. The highest BCUT2D eigenvalue weighted by molar-refractivity contribution is 7.08. The van der Waals surface area contributed by atoms with Gasteiger partial charge in [0.1, 0.15) is 0 Å². The number of amides is 1. The van der Waals surface area contributed by atoms with Crippen LogP contribution in [0.15, 0.2) is 26.6 Å². The second-order valence-electron chi connectivity index (χ2n) is 11.8. The molecular weight excluding hydrogens is 432 g/mol. The summed E-state index contributed by atoms with van der Waals surface area (Å²) in [5.41, 5.74) is 1.98. The Balaban J connectivity index is 1.53. The van der Waals surface area contributed by atoms with E-state index in [1.54, 1.807) is 15.9 Å². The van der Waals surface area contributed by atoms with Crippen molar-refractivity contribution in [3.63, 3.8) is 0 Å². The van der Waals surface area contributed by atoms with Crippen LogP contribution in [0.3, 0.4) is 0 Å². The second-order valence-corrected chi connectivity index (χ2v) is 12.6. The number of thiophene rings is 1. The van der Waals surface area contributed by atoms with Gasteiger partial charge in [0.15, 0.2) is 5.49 Å². The molecule has 3 atom stereocenters. The van der Waals surface area contributed by atoms with Gasteiger partial charge in [-0.15, -0.1) is 0 Å². The quantitative estimate of drug-likeness (QED) is 0.730. The number of nitrogens with zero attached hydrogens (tertiary/aromatic N) is 3. The Hall–Kier alpha value is -2.15. The van der Waals surface area contributed by atoms with Gasteiger partial charge in [0.2, 0.25) is 5.91 Å². The fourth-order valence-corrected chi connectivity index (χ4v) is 5.96. The highest BCUT2D eigenvalue weighted by Crippen LogP contribution is 2.41. The van der Waals surface area contributed by atoms with Crippen molar-refractivity contribution < 1.29 is 4.79 Å². The summed E-state index contributed by atoms with van der Waals surface area (Å²) in [5, 5.41) is 8.36. The Bertz CT molecular complexity index is 1180. The molecule has 4 rings (SSSR count). The van der Waals surface area contributed by atoms with Gasteiger partial charge < -0.3 is 5.32 Å². The van der Waals surface area contributed by atoms with Crippen LogP contribution in [0, 0.1) is 16.7 Å². The number of hydrogen-bond donors (Lipinski definition) is 1. The lowest BCUT2D eigenvalue weighted by molar-refractivity contribution is -0.122. The second kappa shape index (κ2) is 8.90. The topological polar surface area (TPSA) is 68.4 Å². The van der Waals surface area contributed by atoms with Gasteiger partial charge in [0, 0.05) is 19.6 Å². The van der Waals surface area contributed by atoms with Crippen LogP contribution in [0.5, 0.6) is 0 Å². The van der Waals surface area contributed by atoms with Crippen molar-refractivity contribution in [2.24, 2.45) is 28.8 Å². The molecule has 1 aliphatic heterocycles. The molecule has 3 unspecified atom stereocenters. The molecule has 1 N–H and O–H groups in total. The van der Waals surface area contributed by atoms with Gasteiger partial charge in [-0.3, -0.25) is 18.9 Å². The molecule has 180 valence electrons. The van der Waals surface area contributed by atoms with Gasteiger partial charge in [-0.25, -0.2) is 4.79 Å². The van der Waals surface area contributed by atoms with E-state index < -0.39 is 0 Å². The maximum atomic E-state index is 12.9. The number of carbonyl (C=O) groups excluding carboxylic acids is 1. The Kier molecular flexibility index (Phi) is 6.47. The molecule has 1 saturated carbocycles. The first-order valence-electron chi connectivity index (χ1n) is 12.1. The largest absolute Gasteiger partial charge is 0.353 e. The van der Waals surface area contributed by atoms with E-state index in [1.807, 2.05) is 28.4 Å². The standard InChI is InChI=1S/C26H38N4O2S/c1-25(2,3)16-30-20-8-7-19(27-23(20)29(6)24(30)32)18-9-11-26(4,5)21(14-18)28-22(31)13-17-10-12-33-15-17/h8,10,12,15,18-19,21H,7,9,11,13-14,16H2,1-6H3,(H,28,31). The summed E-state index contributed by atoms with van der Waals surface area (Å²) in [6.07, 6.45) is 6.58. The van der Waals surface area contributed by atoms with E-state index in [0.717, 1.165) is 42.1 Å². The fraction of sp³-hybridized carbons (Fsp3) is 0.654. The predicted molar refractivity (Wildman–Crippen MR) is 134 cm³/mol. The minimum atomic E-state index is 0.0129. The smallest absolute Gasteiger partial charge is 0.330 e. The highest BCUT2D eigenvalue weighted by atomic mass is 32.1. The van der Waals surface area contributed by atoms with Crippen molar-refractivity contribution in [1.29, 1.82) is 0 Å². The third-order valence-electron chi connectivity index (χ3n) is 7.29. The number of nitrogens with one attached hydrogen (secondary N) is 1. The molecule has 0 bridgehead atoms. The SMILES string of the molecule is Cn1c2c(n(CC(C)(C)C)c1=O)=CCC(C1CCC(C)(C)C(NC(=O)Cc3ccsc3)C1)N=2. The van der Waals surface area contributed by atoms with E-state index in [1.165, 1.54) is 0 Å². The number of fused-ring (bicyclic) bond motifs is 1. The Morgan fingerprint density at radius 1 is 1.33 bits per heavy atom. The molecule has 2 aliphatic rings. The monoisotopic (exact) mass is 470 g/mol. The molecule has 3 heterocycles. The van der Waals surface area contributed by atoms with Gasteiger partial charge in [-0.2, -0.15) is 11.3 Å². The molecule has 1 aliphatic carbocycles. The summed E-state index contributed by atoms with van der Waals surface area (Å²) in [6, 6.07) is 2.30. The van der Waals surface area contributed by atoms with Crippen LogP contribution >= 0.6 is 11.3 Å². The zero-order chi connectivity index (χ0) is 24.0. The van der Waals surface area contributed by atoms with Crippen molar-refractivity contribution >= 4 is 23.3 Å². The number of rotatable bonds is 5. The van der Waals surface area contributed by atoms with E-state index in [2.05, 4.69) is 46.0 Å². The van der Waals surface area contributed by atoms with Crippen molar-refractivity contribution in [2.45, 2.75) is 85.4 Å². The number of carbonyl (C=O) groups is 1. The minimum Gasteiger partial charge on any atom is -0.353 e. The summed E-state index contributed by atoms with van der Waals surface area (Å²) >= 11 is 1.63. The van der Waals surface area contributed by atoms with Crippen molar-refractivity contribution in [3.05, 3.63) is 43.7 Å². The lowest BCUT2D eigenvalue weighted by Crippen LogP contribution is -2.51. The van der Waals surface area contributed by atoms with Crippen LogP contribution in [0.25, 0.3) is 6.08 Å². The van der Waals surface area contributed by atoms with Gasteiger partial charge in [-0.1, -0.05) is 40.7 Å². The van der Waals surface area contributed by atoms with E-state index >= 15 is 0 Å². The van der Waals surface area contributed by atoms with Crippen molar-refractivity contribution in [1.82, 2.24) is 14.5 Å². The molecule has 7 heteroatoms. The molecule has 0 radical (unpaired) electrons. The minimum absolute atomic E-state index is 0.0129. The third-order valence-corrected chi connectivity index (χ3v) is 8.03. The van der Waals surface area contributed by atoms with E-state index in [4.69, 9.17) is 4.99 Å². The Morgan fingerprint density at radius 3 is 2.76 bits per heavy atom. The molecule has 0 spiro atoms. The molecule has 1 fully saturated rings. The van der Waals surface area contributed by atoms with Crippen LogP contribution in [0.2, 0.25) is 0 Å². The Morgan fingerprint density at radius 2 is 2.09 bits per heavy atom. The first kappa shape index (κ1) is 24.0. The van der Waals surface area contributed by atoms with Gasteiger partial charge in [-0.05, 0) is 64.8 Å². The van der Waals surface area contributed by atoms with Gasteiger partial charge in [0.25, 0.3) is 0 Å². The van der Waals surface area contributed by atoms with Crippen LogP contribution in [0.4, 0.5) is 0 Å². The molecule has 33 heavy (non-hydrogen) atoms. The normalized spacial score (nSPS) is 24.5. The zero-order valence-electron chi connectivity index (χ0n) is 20.9. The van der Waals surface area contributed by atoms with Crippen LogP contribution in [0.1, 0.15) is 65.9 Å². The highest BCUT2D eigenvalue weighted by Gasteiger charge is 2.40. The van der Waals surface area contributed by atoms with Crippen LogP contribution in [-0.4, -0.2) is 27.1 Å². The maximum absolute atomic E-state index is 12.9. The van der Waals surface area contributed by atoms with Gasteiger partial charge in [0.05, 0.1) is 17.8 Å². The molecule has 6 nitrogen and oxygen atoms in total. The van der Waals surface area contributed by atoms with Gasteiger partial charge >= 0.3 is 5.69 Å². The van der Waals surface area contributed by atoms with E-state index in [-0.39, 0.29) is 34.5 Å². The van der Waals surface area contributed by atoms with Crippen molar-refractivity contribution in [3.8, 4) is 0 Å². The first-order valence-corrected chi connectivity index (χ1v) is 13.0. The van der Waals surface area contributed by atoms with E-state index in [0.29, 0.717) is 18.9 Å². The first-order chi connectivity index (χ1) is 15.4. The fourth-order valence-electron chi connectivity index (χ4n) is 5.29. The molecule has 0 aromatic carbocycles. The van der Waals surface area contributed by atoms with Crippen LogP contribution < -0.4 is 21.8 Å². The number of aromatic nitrogens is 2. The Labute approximate surface area is 200 Å². The summed E-state index contributed by atoms with van der Waals surface area (Å²) in [7, 11) is 1.83. The lowest BCUT2D eigenvalue weighted by atomic mass is 9.67. The average molecular weight is 471 g/mol. The number of hydrogen-bond acceptors (Lipinski definition) is 4. The average Bonchev–Trinajstić information content (AvgIpc) is 3.31. The number of imidazole rings is 1. The van der Waals surface area contributed by atoms with Crippen LogP contribution in [-0.2, 0) is 24.8 Å². The molecule has 0 saturated heterocycles. The van der Waals surface area contributed by atoms with Crippen molar-refractivity contribution in [2.75, 3.05) is 0 Å². The molecular formula is C26H38N4O2S.